The summed E-state index contributed by atoms with van der Waals surface area (Å²) in [5.74, 6) is 5.04. The lowest BCUT2D eigenvalue weighted by molar-refractivity contribution is 0.154. The molecule has 0 saturated heterocycles. The molecule has 0 aliphatic rings. The molecule has 0 spiro atoms. The number of rotatable bonds is 0. The van der Waals surface area contributed by atoms with Gasteiger partial charge in [-0.2, -0.15) is 0 Å². The van der Waals surface area contributed by atoms with Crippen molar-refractivity contribution >= 4 is 15.9 Å². The average molecular weight is 162 g/mol. The molecule has 7 heavy (non-hydrogen) atoms. The van der Waals surface area contributed by atoms with Crippen LogP contribution in [0.1, 0.15) is 6.92 Å². The van der Waals surface area contributed by atoms with Crippen LogP contribution in [-0.2, 0) is 5.11 Å². The second-order valence-electron chi connectivity index (χ2n) is 1.10. The maximum Gasteiger partial charge on any atom is 0.150 e. The van der Waals surface area contributed by atoms with Crippen LogP contribution < -0.4 is 0 Å². The minimum absolute atomic E-state index is 0.597. The highest BCUT2D eigenvalue weighted by molar-refractivity contribution is 9.09. The van der Waals surface area contributed by atoms with Crippen LogP contribution in [0.25, 0.3) is 0 Å². The van der Waals surface area contributed by atoms with E-state index in [2.05, 4.69) is 27.8 Å². The van der Waals surface area contributed by atoms with E-state index in [0.29, 0.717) is 5.33 Å². The molecule has 1 atom stereocenters. The summed E-state index contributed by atoms with van der Waals surface area (Å²) in [6.45, 7) is 1.52. The fourth-order valence-electron chi connectivity index (χ4n) is 0.182. The van der Waals surface area contributed by atoms with E-state index in [0.717, 1.165) is 0 Å². The first-order valence-electron chi connectivity index (χ1n) is 1.97. The molecule has 1 radical (unpaired) electrons. The van der Waals surface area contributed by atoms with Crippen molar-refractivity contribution in [1.82, 2.24) is 0 Å². The number of hydrogen-bond acceptors (Lipinski definition) is 0. The van der Waals surface area contributed by atoms with Gasteiger partial charge in [0.2, 0.25) is 0 Å². The van der Waals surface area contributed by atoms with Crippen LogP contribution in [0.3, 0.4) is 0 Å². The third-order valence-electron chi connectivity index (χ3n) is 0.372. The Kier molecular flexibility index (Phi) is 4.17. The number of hydrogen-bond donors (Lipinski definition) is 0. The maximum absolute atomic E-state index is 10.1. The largest absolute Gasteiger partial charge is 0.219 e. The van der Waals surface area contributed by atoms with Crippen LogP contribution in [0.5, 0.6) is 0 Å². The summed E-state index contributed by atoms with van der Waals surface area (Å²) in [6, 6.07) is 0. The highest BCUT2D eigenvalue weighted by atomic mass is 79.9. The van der Waals surface area contributed by atoms with E-state index in [-0.39, 0.29) is 0 Å². The van der Waals surface area contributed by atoms with Gasteiger partial charge < -0.3 is 0 Å². The third-order valence-corrected chi connectivity index (χ3v) is 0.653. The Morgan fingerprint density at radius 2 is 2.43 bits per heavy atom. The van der Waals surface area contributed by atoms with Gasteiger partial charge in [0.1, 0.15) is 0 Å². The zero-order chi connectivity index (χ0) is 5.70. The molecule has 1 unspecified atom stereocenters. The Morgan fingerprint density at radius 3 is 2.57 bits per heavy atom. The van der Waals surface area contributed by atoms with Gasteiger partial charge in [-0.15, -0.1) is 0 Å². The smallest absolute Gasteiger partial charge is 0.150 e. The second-order valence-corrected chi connectivity index (χ2v) is 1.66. The average Bonchev–Trinajstić information content (AvgIpc) is 1.61. The van der Waals surface area contributed by atoms with Gasteiger partial charge in [0, 0.05) is 0 Å². The molecule has 0 aromatic heterocycles. The fraction of sp³-hybridized carbons (Fsp3) is 0.600. The highest BCUT2D eigenvalue weighted by Gasteiger charge is 1.82. The normalized spacial score (nSPS) is 11.9. The highest BCUT2D eigenvalue weighted by Crippen LogP contribution is 1.77. The Labute approximate surface area is 51.9 Å². The van der Waals surface area contributed by atoms with Crippen molar-refractivity contribution in [1.29, 1.82) is 0 Å². The lowest BCUT2D eigenvalue weighted by atomic mass is 10.4. The van der Waals surface area contributed by atoms with Crippen LogP contribution in [0.4, 0.5) is 0 Å². The lowest BCUT2D eigenvalue weighted by Gasteiger charge is -1.79. The topological polar surface area (TPSA) is 19.9 Å². The van der Waals surface area contributed by atoms with E-state index in [4.69, 9.17) is 0 Å². The molecule has 0 aliphatic carbocycles. The van der Waals surface area contributed by atoms with Crippen molar-refractivity contribution in [3.63, 3.8) is 0 Å². The standard InChI is InChI=1S/C5H6BrO/c1-5(7)3-2-4-6/h5H,4H2,1H3. The molecular weight excluding hydrogens is 156 g/mol. The van der Waals surface area contributed by atoms with Crippen LogP contribution in [0, 0.1) is 11.8 Å². The third kappa shape index (κ3) is 6.00. The molecule has 0 aromatic carbocycles. The molecule has 1 nitrogen and oxygen atoms in total. The molecule has 0 N–H and O–H groups in total. The van der Waals surface area contributed by atoms with Gasteiger partial charge in [-0.25, -0.2) is 5.11 Å². The summed E-state index contributed by atoms with van der Waals surface area (Å²) in [5.41, 5.74) is 0. The SMILES string of the molecule is CC([O])C#CCBr. The Balaban J connectivity index is 3.24. The number of alkyl halides is 1. The molecule has 0 bridgehead atoms. The van der Waals surface area contributed by atoms with Gasteiger partial charge in [0.05, 0.1) is 5.33 Å². The minimum Gasteiger partial charge on any atom is -0.219 e. The van der Waals surface area contributed by atoms with E-state index in [1.54, 1.807) is 0 Å². The van der Waals surface area contributed by atoms with Gasteiger partial charge in [-0.05, 0) is 6.92 Å². The van der Waals surface area contributed by atoms with E-state index >= 15 is 0 Å². The quantitative estimate of drug-likeness (QED) is 0.376. The van der Waals surface area contributed by atoms with Crippen molar-refractivity contribution in [2.75, 3.05) is 5.33 Å². The van der Waals surface area contributed by atoms with Gasteiger partial charge in [0.15, 0.2) is 6.10 Å². The van der Waals surface area contributed by atoms with Gasteiger partial charge >= 0.3 is 0 Å². The van der Waals surface area contributed by atoms with Gasteiger partial charge in [-0.1, -0.05) is 27.8 Å². The summed E-state index contributed by atoms with van der Waals surface area (Å²) in [4.78, 5) is 0. The monoisotopic (exact) mass is 161 g/mol. The van der Waals surface area contributed by atoms with Gasteiger partial charge in [-0.3, -0.25) is 0 Å². The molecule has 2 heteroatoms. The summed E-state index contributed by atoms with van der Waals surface area (Å²) in [5, 5.41) is 10.7. The maximum atomic E-state index is 10.1. The molecule has 0 aromatic rings. The molecule has 0 amide bonds. The molecule has 0 rings (SSSR count). The number of halogens is 1. The van der Waals surface area contributed by atoms with E-state index in [1.807, 2.05) is 0 Å². The first kappa shape index (κ1) is 7.00. The molecule has 0 saturated carbocycles. The van der Waals surface area contributed by atoms with Crippen LogP contribution >= 0.6 is 15.9 Å². The zero-order valence-corrected chi connectivity index (χ0v) is 5.66. The zero-order valence-electron chi connectivity index (χ0n) is 4.07. The second kappa shape index (κ2) is 4.17. The predicted octanol–water partition coefficient (Wildman–Crippen LogP) is 1.20. The Hall–Kier alpha value is 0. The van der Waals surface area contributed by atoms with Crippen molar-refractivity contribution in [3.05, 3.63) is 0 Å². The molecule has 0 fully saturated rings. The first-order valence-corrected chi connectivity index (χ1v) is 3.09. The van der Waals surface area contributed by atoms with Crippen LogP contribution in [0.15, 0.2) is 0 Å². The van der Waals surface area contributed by atoms with Crippen molar-refractivity contribution in [2.24, 2.45) is 0 Å². The van der Waals surface area contributed by atoms with Crippen LogP contribution in [0.2, 0.25) is 0 Å². The molecular formula is C5H6BrO. The first-order chi connectivity index (χ1) is 3.27. The minimum atomic E-state index is -0.738. The van der Waals surface area contributed by atoms with E-state index in [1.165, 1.54) is 6.92 Å². The molecule has 39 valence electrons. The summed E-state index contributed by atoms with van der Waals surface area (Å²) < 4.78 is 0. The van der Waals surface area contributed by atoms with Gasteiger partial charge in [0.25, 0.3) is 0 Å². The van der Waals surface area contributed by atoms with E-state index < -0.39 is 6.10 Å². The summed E-state index contributed by atoms with van der Waals surface area (Å²) in [6.07, 6.45) is -0.738. The fourth-order valence-corrected chi connectivity index (χ4v) is 0.344. The Morgan fingerprint density at radius 1 is 1.86 bits per heavy atom. The van der Waals surface area contributed by atoms with Crippen molar-refractivity contribution in [3.8, 4) is 11.8 Å². The Bertz CT molecular complexity index is 88.0. The van der Waals surface area contributed by atoms with Crippen LogP contribution in [-0.4, -0.2) is 11.4 Å². The van der Waals surface area contributed by atoms with E-state index in [9.17, 15) is 5.11 Å². The summed E-state index contributed by atoms with van der Waals surface area (Å²) >= 11 is 3.07. The van der Waals surface area contributed by atoms with Crippen molar-refractivity contribution in [2.45, 2.75) is 13.0 Å². The predicted molar refractivity (Wildman–Crippen MR) is 31.7 cm³/mol. The van der Waals surface area contributed by atoms with Crippen molar-refractivity contribution < 1.29 is 5.11 Å². The molecule has 0 heterocycles. The lowest BCUT2D eigenvalue weighted by Crippen LogP contribution is -1.89. The summed E-state index contributed by atoms with van der Waals surface area (Å²) in [7, 11) is 0. The molecule has 0 aliphatic heterocycles.